The van der Waals surface area contributed by atoms with E-state index in [0.717, 1.165) is 34.7 Å². The van der Waals surface area contributed by atoms with E-state index in [-0.39, 0.29) is 5.78 Å². The molecule has 156 valence electrons. The smallest absolute Gasteiger partial charge is 0.232 e. The molecule has 0 bridgehead atoms. The van der Waals surface area contributed by atoms with Crippen LogP contribution in [0.25, 0.3) is 6.08 Å². The van der Waals surface area contributed by atoms with Gasteiger partial charge >= 0.3 is 0 Å². The predicted octanol–water partition coefficient (Wildman–Crippen LogP) is 5.10. The van der Waals surface area contributed by atoms with Crippen LogP contribution in [0.5, 0.6) is 17.2 Å². The Kier molecular flexibility index (Phi) is 4.99. The molecule has 5 nitrogen and oxygen atoms in total. The molecule has 0 spiro atoms. The number of allylic oxidation sites excluding steroid dienone is 1. The van der Waals surface area contributed by atoms with E-state index < -0.39 is 0 Å². The van der Waals surface area contributed by atoms with Gasteiger partial charge in [0, 0.05) is 12.6 Å². The largest absolute Gasteiger partial charge is 0.497 e. The molecule has 0 saturated heterocycles. The molecular formula is C25H27NO4. The number of fused-ring (bicyclic) bond motifs is 3. The number of hydrogen-bond donors (Lipinski definition) is 0. The number of hydrogen-bond acceptors (Lipinski definition) is 5. The summed E-state index contributed by atoms with van der Waals surface area (Å²) in [6, 6.07) is 10.1. The summed E-state index contributed by atoms with van der Waals surface area (Å²) < 4.78 is 17.5. The summed E-state index contributed by atoms with van der Waals surface area (Å²) in [5.41, 5.74) is 3.47. The minimum absolute atomic E-state index is 0.0593. The number of ether oxygens (including phenoxy) is 3. The lowest BCUT2D eigenvalue weighted by Gasteiger charge is -2.37. The molecule has 2 heterocycles. The second-order valence-electron chi connectivity index (χ2n) is 8.40. The number of carbonyl (C=O) groups excluding carboxylic acids is 1. The molecule has 0 aromatic heterocycles. The molecule has 30 heavy (non-hydrogen) atoms. The number of aryl methyl sites for hydroxylation is 1. The van der Waals surface area contributed by atoms with Crippen LogP contribution in [-0.4, -0.2) is 30.6 Å². The average Bonchev–Trinajstić information content (AvgIpc) is 3.11. The fraction of sp³-hybridized carbons (Fsp3) is 0.400. The molecule has 2 aromatic carbocycles. The van der Waals surface area contributed by atoms with Gasteiger partial charge in [-0.25, -0.2) is 0 Å². The lowest BCUT2D eigenvalue weighted by molar-refractivity contribution is 0.0393. The highest BCUT2D eigenvalue weighted by atomic mass is 16.5. The molecule has 1 fully saturated rings. The van der Waals surface area contributed by atoms with Gasteiger partial charge in [0.2, 0.25) is 5.78 Å². The molecule has 1 saturated carbocycles. The van der Waals surface area contributed by atoms with E-state index in [1.165, 1.54) is 32.1 Å². The summed E-state index contributed by atoms with van der Waals surface area (Å²) in [6.45, 7) is 3.33. The summed E-state index contributed by atoms with van der Waals surface area (Å²) in [5, 5.41) is 0. The number of Topliss-reactive ketones (excluding diaryl/α,β-unsaturated/α-hetero) is 1. The van der Waals surface area contributed by atoms with E-state index >= 15 is 0 Å². The van der Waals surface area contributed by atoms with Crippen molar-refractivity contribution >= 4 is 11.9 Å². The topological polar surface area (TPSA) is 48.0 Å². The van der Waals surface area contributed by atoms with Crippen molar-refractivity contribution in [2.75, 3.05) is 13.8 Å². The highest BCUT2D eigenvalue weighted by Crippen LogP contribution is 2.44. The summed E-state index contributed by atoms with van der Waals surface area (Å²) >= 11 is 0. The second kappa shape index (κ2) is 7.80. The van der Waals surface area contributed by atoms with Gasteiger partial charge in [-0.05, 0) is 55.2 Å². The first kappa shape index (κ1) is 19.2. The first-order chi connectivity index (χ1) is 14.6. The minimum atomic E-state index is -0.0593. The maximum absolute atomic E-state index is 13.1. The molecule has 2 aromatic rings. The Morgan fingerprint density at radius 2 is 1.90 bits per heavy atom. The van der Waals surface area contributed by atoms with Gasteiger partial charge in [0.15, 0.2) is 5.76 Å². The quantitative estimate of drug-likeness (QED) is 0.665. The molecule has 0 unspecified atom stereocenters. The van der Waals surface area contributed by atoms with Crippen LogP contribution in [0.1, 0.15) is 59.2 Å². The molecule has 5 rings (SSSR count). The van der Waals surface area contributed by atoms with Gasteiger partial charge < -0.3 is 14.2 Å². The summed E-state index contributed by atoms with van der Waals surface area (Å²) in [6.07, 6.45) is 8.13. The predicted molar refractivity (Wildman–Crippen MR) is 115 cm³/mol. The Hall–Kier alpha value is -2.79. The summed E-state index contributed by atoms with van der Waals surface area (Å²) in [5.74, 6) is 2.61. The van der Waals surface area contributed by atoms with E-state index in [1.54, 1.807) is 13.2 Å². The molecule has 3 aliphatic rings. The molecule has 2 aliphatic heterocycles. The molecule has 0 N–H and O–H groups in total. The molecule has 0 amide bonds. The molecule has 0 atom stereocenters. The standard InChI is InChI=1S/C25H27NO4/c1-16-12-21-20(14-26(15-29-21)18-6-4-3-5-7-18)25-23(16)24(27)22(30-25)13-17-8-10-19(28-2)11-9-17/h8-13,18H,3-7,14-15H2,1-2H3/b22-13-. The zero-order valence-corrected chi connectivity index (χ0v) is 17.6. The number of rotatable bonds is 3. The van der Waals surface area contributed by atoms with Gasteiger partial charge in [0.05, 0.1) is 18.2 Å². The van der Waals surface area contributed by atoms with Gasteiger partial charge in [-0.3, -0.25) is 9.69 Å². The highest BCUT2D eigenvalue weighted by Gasteiger charge is 2.36. The van der Waals surface area contributed by atoms with Crippen molar-refractivity contribution in [2.45, 2.75) is 51.6 Å². The van der Waals surface area contributed by atoms with Gasteiger partial charge in [0.1, 0.15) is 24.0 Å². The zero-order chi connectivity index (χ0) is 20.7. The van der Waals surface area contributed by atoms with Crippen LogP contribution in [-0.2, 0) is 6.54 Å². The maximum atomic E-state index is 13.1. The fourth-order valence-electron chi connectivity index (χ4n) is 4.78. The number of benzene rings is 2. The lowest BCUT2D eigenvalue weighted by Crippen LogP contribution is -2.41. The Bertz CT molecular complexity index is 1000. The highest BCUT2D eigenvalue weighted by molar-refractivity contribution is 6.15. The van der Waals surface area contributed by atoms with Gasteiger partial charge in [-0.15, -0.1) is 0 Å². The Morgan fingerprint density at radius 3 is 2.63 bits per heavy atom. The summed E-state index contributed by atoms with van der Waals surface area (Å²) in [4.78, 5) is 15.5. The minimum Gasteiger partial charge on any atom is -0.497 e. The van der Waals surface area contributed by atoms with Crippen molar-refractivity contribution in [2.24, 2.45) is 0 Å². The third kappa shape index (κ3) is 3.37. The number of nitrogens with zero attached hydrogens (tertiary/aromatic N) is 1. The van der Waals surface area contributed by atoms with E-state index in [2.05, 4.69) is 4.90 Å². The van der Waals surface area contributed by atoms with Crippen molar-refractivity contribution in [3.05, 3.63) is 58.3 Å². The summed E-state index contributed by atoms with van der Waals surface area (Å²) in [7, 11) is 1.64. The number of carbonyl (C=O) groups is 1. The van der Waals surface area contributed by atoms with Crippen LogP contribution in [0.4, 0.5) is 0 Å². The fourth-order valence-corrected chi connectivity index (χ4v) is 4.78. The maximum Gasteiger partial charge on any atom is 0.232 e. The lowest BCUT2D eigenvalue weighted by atomic mass is 9.93. The Labute approximate surface area is 177 Å². The number of methoxy groups -OCH3 is 1. The monoisotopic (exact) mass is 405 g/mol. The van der Waals surface area contributed by atoms with Crippen LogP contribution in [0.15, 0.2) is 36.1 Å². The van der Waals surface area contributed by atoms with E-state index in [0.29, 0.717) is 29.8 Å². The van der Waals surface area contributed by atoms with E-state index in [4.69, 9.17) is 14.2 Å². The third-order valence-electron chi connectivity index (χ3n) is 6.46. The molecule has 1 aliphatic carbocycles. The number of ketones is 1. The zero-order valence-electron chi connectivity index (χ0n) is 17.6. The van der Waals surface area contributed by atoms with E-state index in [1.807, 2.05) is 37.3 Å². The molecular weight excluding hydrogens is 378 g/mol. The van der Waals surface area contributed by atoms with Crippen LogP contribution >= 0.6 is 0 Å². The Balaban J connectivity index is 1.46. The average molecular weight is 405 g/mol. The molecule has 0 radical (unpaired) electrons. The van der Waals surface area contributed by atoms with Gasteiger partial charge in [-0.1, -0.05) is 31.4 Å². The first-order valence-corrected chi connectivity index (χ1v) is 10.8. The van der Waals surface area contributed by atoms with Crippen molar-refractivity contribution < 1.29 is 19.0 Å². The first-order valence-electron chi connectivity index (χ1n) is 10.8. The van der Waals surface area contributed by atoms with Crippen molar-refractivity contribution in [1.82, 2.24) is 4.90 Å². The normalized spacial score (nSPS) is 20.5. The molecule has 5 heteroatoms. The Morgan fingerprint density at radius 1 is 1.13 bits per heavy atom. The SMILES string of the molecule is COc1ccc(/C=C2\Oc3c4c(cc(C)c3C2=O)OCN(C2CCCCC2)C4)cc1. The van der Waals surface area contributed by atoms with Crippen LogP contribution in [0, 0.1) is 6.92 Å². The van der Waals surface area contributed by atoms with Crippen molar-refractivity contribution in [3.8, 4) is 17.2 Å². The van der Waals surface area contributed by atoms with Gasteiger partial charge in [0.25, 0.3) is 0 Å². The van der Waals surface area contributed by atoms with Gasteiger partial charge in [-0.2, -0.15) is 0 Å². The van der Waals surface area contributed by atoms with Crippen LogP contribution in [0.2, 0.25) is 0 Å². The van der Waals surface area contributed by atoms with E-state index in [9.17, 15) is 4.79 Å². The van der Waals surface area contributed by atoms with Crippen molar-refractivity contribution in [1.29, 1.82) is 0 Å². The van der Waals surface area contributed by atoms with Crippen LogP contribution in [0.3, 0.4) is 0 Å². The second-order valence-corrected chi connectivity index (χ2v) is 8.40. The van der Waals surface area contributed by atoms with Crippen molar-refractivity contribution in [3.63, 3.8) is 0 Å². The van der Waals surface area contributed by atoms with Crippen LogP contribution < -0.4 is 14.2 Å². The third-order valence-corrected chi connectivity index (χ3v) is 6.46.